The summed E-state index contributed by atoms with van der Waals surface area (Å²) in [6.07, 6.45) is 5.60. The maximum absolute atomic E-state index is 5.32. The number of aromatic nitrogens is 3. The number of ether oxygens (including phenoxy) is 1. The van der Waals surface area contributed by atoms with Gasteiger partial charge in [-0.05, 0) is 25.1 Å². The lowest BCUT2D eigenvalue weighted by Crippen LogP contribution is -2.00. The third-order valence-electron chi connectivity index (χ3n) is 3.02. The number of nitrogens with zero attached hydrogens (tertiary/aromatic N) is 3. The molecule has 3 aromatic heterocycles. The fourth-order valence-electron chi connectivity index (χ4n) is 2.04. The second-order valence-corrected chi connectivity index (χ2v) is 4.37. The van der Waals surface area contributed by atoms with Crippen molar-refractivity contribution in [3.05, 3.63) is 54.5 Å². The number of nitrogens with one attached hydrogen (secondary N) is 1. The van der Waals surface area contributed by atoms with Crippen molar-refractivity contribution in [1.82, 2.24) is 14.6 Å². The van der Waals surface area contributed by atoms with Crippen LogP contribution in [0.5, 0.6) is 5.88 Å². The van der Waals surface area contributed by atoms with Gasteiger partial charge in [-0.15, -0.1) is 0 Å². The Morgan fingerprint density at radius 2 is 2.15 bits per heavy atom. The van der Waals surface area contributed by atoms with Gasteiger partial charge in [0.25, 0.3) is 0 Å². The van der Waals surface area contributed by atoms with E-state index in [1.165, 1.54) is 0 Å². The lowest BCUT2D eigenvalue weighted by molar-refractivity contribution is 0.327. The monoisotopic (exact) mass is 268 g/mol. The van der Waals surface area contributed by atoms with Crippen molar-refractivity contribution in [3.63, 3.8) is 0 Å². The molecule has 0 unspecified atom stereocenters. The minimum Gasteiger partial charge on any atom is -0.478 e. The van der Waals surface area contributed by atoms with Crippen LogP contribution in [0.4, 0.5) is 5.69 Å². The highest BCUT2D eigenvalue weighted by atomic mass is 16.5. The van der Waals surface area contributed by atoms with E-state index in [-0.39, 0.29) is 0 Å². The van der Waals surface area contributed by atoms with E-state index in [0.29, 0.717) is 19.0 Å². The average molecular weight is 268 g/mol. The maximum Gasteiger partial charge on any atom is 0.213 e. The van der Waals surface area contributed by atoms with E-state index in [1.807, 2.05) is 48.1 Å². The van der Waals surface area contributed by atoms with Gasteiger partial charge in [0.15, 0.2) is 0 Å². The van der Waals surface area contributed by atoms with Gasteiger partial charge in [0, 0.05) is 24.4 Å². The Kier molecular flexibility index (Phi) is 3.50. The van der Waals surface area contributed by atoms with Crippen LogP contribution in [-0.2, 0) is 6.54 Å². The van der Waals surface area contributed by atoms with E-state index in [1.54, 1.807) is 6.20 Å². The summed E-state index contributed by atoms with van der Waals surface area (Å²) in [6.45, 7) is 3.28. The molecule has 1 N–H and O–H groups in total. The lowest BCUT2D eigenvalue weighted by atomic mass is 10.2. The van der Waals surface area contributed by atoms with Crippen LogP contribution in [0.2, 0.25) is 0 Å². The van der Waals surface area contributed by atoms with Crippen molar-refractivity contribution < 1.29 is 4.74 Å². The Bertz CT molecular complexity index is 690. The van der Waals surface area contributed by atoms with Gasteiger partial charge in [0.2, 0.25) is 5.88 Å². The molecule has 0 aliphatic heterocycles. The highest BCUT2D eigenvalue weighted by Gasteiger charge is 2.03. The molecule has 0 aliphatic rings. The van der Waals surface area contributed by atoms with Crippen molar-refractivity contribution >= 4 is 11.2 Å². The van der Waals surface area contributed by atoms with E-state index >= 15 is 0 Å². The molecule has 5 heteroatoms. The number of pyridine rings is 2. The molecular weight excluding hydrogens is 252 g/mol. The second-order valence-electron chi connectivity index (χ2n) is 4.37. The number of rotatable bonds is 5. The van der Waals surface area contributed by atoms with Gasteiger partial charge >= 0.3 is 0 Å². The van der Waals surface area contributed by atoms with Crippen LogP contribution in [-0.4, -0.2) is 21.2 Å². The molecule has 102 valence electrons. The fourth-order valence-corrected chi connectivity index (χ4v) is 2.04. The molecule has 0 saturated heterocycles. The Morgan fingerprint density at radius 3 is 2.95 bits per heavy atom. The predicted octanol–water partition coefficient (Wildman–Crippen LogP) is 2.74. The summed E-state index contributed by atoms with van der Waals surface area (Å²) in [5.41, 5.74) is 3.22. The quantitative estimate of drug-likeness (QED) is 0.773. The third-order valence-corrected chi connectivity index (χ3v) is 3.02. The van der Waals surface area contributed by atoms with Crippen LogP contribution in [0.25, 0.3) is 5.52 Å². The van der Waals surface area contributed by atoms with Gasteiger partial charge in [-0.1, -0.05) is 6.07 Å². The van der Waals surface area contributed by atoms with E-state index in [0.717, 1.165) is 16.8 Å². The molecule has 0 spiro atoms. The molecule has 0 amide bonds. The SMILES string of the molecule is CCOc1ccc(NCc2cnn3ccccc23)cn1. The first-order chi connectivity index (χ1) is 9.86. The zero-order valence-electron chi connectivity index (χ0n) is 11.3. The van der Waals surface area contributed by atoms with E-state index < -0.39 is 0 Å². The summed E-state index contributed by atoms with van der Waals surface area (Å²) in [7, 11) is 0. The minimum atomic E-state index is 0.627. The third kappa shape index (κ3) is 2.56. The molecule has 3 heterocycles. The van der Waals surface area contributed by atoms with Crippen molar-refractivity contribution in [2.24, 2.45) is 0 Å². The molecule has 0 bridgehead atoms. The van der Waals surface area contributed by atoms with Crippen molar-refractivity contribution in [2.45, 2.75) is 13.5 Å². The summed E-state index contributed by atoms with van der Waals surface area (Å²) in [4.78, 5) is 4.23. The molecule has 0 fully saturated rings. The Morgan fingerprint density at radius 1 is 1.20 bits per heavy atom. The van der Waals surface area contributed by atoms with Crippen LogP contribution in [0.3, 0.4) is 0 Å². The predicted molar refractivity (Wildman–Crippen MR) is 77.9 cm³/mol. The topological polar surface area (TPSA) is 51.5 Å². The molecule has 3 aromatic rings. The Hall–Kier alpha value is -2.56. The fraction of sp³-hybridized carbons (Fsp3) is 0.200. The summed E-state index contributed by atoms with van der Waals surface area (Å²) < 4.78 is 7.19. The van der Waals surface area contributed by atoms with Crippen molar-refractivity contribution in [3.8, 4) is 5.88 Å². The highest BCUT2D eigenvalue weighted by molar-refractivity contribution is 5.55. The second kappa shape index (κ2) is 5.61. The normalized spacial score (nSPS) is 10.7. The zero-order chi connectivity index (χ0) is 13.8. The first-order valence-corrected chi connectivity index (χ1v) is 6.61. The highest BCUT2D eigenvalue weighted by Crippen LogP contribution is 2.15. The standard InChI is InChI=1S/C15H16N4O/c1-2-20-15-7-6-13(11-17-15)16-9-12-10-18-19-8-4-3-5-14(12)19/h3-8,10-11,16H,2,9H2,1H3. The van der Waals surface area contributed by atoms with Crippen LogP contribution in [0, 0.1) is 0 Å². The Labute approximate surface area is 117 Å². The number of hydrogen-bond donors (Lipinski definition) is 1. The molecule has 0 aromatic carbocycles. The molecule has 3 rings (SSSR count). The molecular formula is C15H16N4O. The van der Waals surface area contributed by atoms with Gasteiger partial charge in [-0.25, -0.2) is 9.50 Å². The molecule has 0 saturated carbocycles. The molecule has 20 heavy (non-hydrogen) atoms. The Balaban J connectivity index is 1.69. The van der Waals surface area contributed by atoms with Crippen molar-refractivity contribution in [2.75, 3.05) is 11.9 Å². The number of anilines is 1. The lowest BCUT2D eigenvalue weighted by Gasteiger charge is -2.06. The van der Waals surface area contributed by atoms with E-state index in [9.17, 15) is 0 Å². The van der Waals surface area contributed by atoms with Crippen LogP contribution < -0.4 is 10.1 Å². The van der Waals surface area contributed by atoms with Crippen LogP contribution in [0.15, 0.2) is 48.9 Å². The maximum atomic E-state index is 5.32. The molecule has 0 atom stereocenters. The number of hydrogen-bond acceptors (Lipinski definition) is 4. The summed E-state index contributed by atoms with van der Waals surface area (Å²) in [5.74, 6) is 0.647. The van der Waals surface area contributed by atoms with E-state index in [2.05, 4.69) is 21.5 Å². The minimum absolute atomic E-state index is 0.627. The number of fused-ring (bicyclic) bond motifs is 1. The zero-order valence-corrected chi connectivity index (χ0v) is 11.3. The van der Waals surface area contributed by atoms with Gasteiger partial charge in [-0.2, -0.15) is 5.10 Å². The first kappa shape index (κ1) is 12.5. The summed E-state index contributed by atoms with van der Waals surface area (Å²) in [5, 5.41) is 7.65. The smallest absolute Gasteiger partial charge is 0.213 e. The molecule has 0 aliphatic carbocycles. The van der Waals surface area contributed by atoms with Gasteiger partial charge < -0.3 is 10.1 Å². The molecule has 0 radical (unpaired) electrons. The summed E-state index contributed by atoms with van der Waals surface area (Å²) >= 11 is 0. The summed E-state index contributed by atoms with van der Waals surface area (Å²) in [6, 6.07) is 9.86. The largest absolute Gasteiger partial charge is 0.478 e. The van der Waals surface area contributed by atoms with E-state index in [4.69, 9.17) is 4.74 Å². The van der Waals surface area contributed by atoms with Gasteiger partial charge in [0.1, 0.15) is 0 Å². The van der Waals surface area contributed by atoms with Gasteiger partial charge in [0.05, 0.1) is 30.2 Å². The average Bonchev–Trinajstić information content (AvgIpc) is 2.90. The van der Waals surface area contributed by atoms with Crippen LogP contribution >= 0.6 is 0 Å². The van der Waals surface area contributed by atoms with Gasteiger partial charge in [-0.3, -0.25) is 0 Å². The molecule has 5 nitrogen and oxygen atoms in total. The van der Waals surface area contributed by atoms with Crippen LogP contribution in [0.1, 0.15) is 12.5 Å². The van der Waals surface area contributed by atoms with Crippen molar-refractivity contribution in [1.29, 1.82) is 0 Å². The first-order valence-electron chi connectivity index (χ1n) is 6.61.